The maximum Gasteiger partial charge on any atom is 0.119 e. The van der Waals surface area contributed by atoms with Crippen LogP contribution in [0, 0.1) is 5.92 Å². The standard InChI is InChI=1S/C18H30N2O/c1-15-7-4-5-10-18(15)20(3)11-12-21-17-9-6-8-16(13-17)14-19-2/h6,8-9,13,15,18-19H,4-5,7,10-12,14H2,1-3H3. The van der Waals surface area contributed by atoms with E-state index < -0.39 is 0 Å². The van der Waals surface area contributed by atoms with Crippen LogP contribution >= 0.6 is 0 Å². The summed E-state index contributed by atoms with van der Waals surface area (Å²) in [5, 5.41) is 3.17. The van der Waals surface area contributed by atoms with Gasteiger partial charge in [-0.2, -0.15) is 0 Å². The first kappa shape index (κ1) is 16.3. The number of benzene rings is 1. The van der Waals surface area contributed by atoms with Gasteiger partial charge in [0.2, 0.25) is 0 Å². The van der Waals surface area contributed by atoms with Crippen LogP contribution in [0.4, 0.5) is 0 Å². The molecule has 0 aromatic heterocycles. The highest BCUT2D eigenvalue weighted by atomic mass is 16.5. The van der Waals surface area contributed by atoms with E-state index in [4.69, 9.17) is 4.74 Å². The van der Waals surface area contributed by atoms with Crippen LogP contribution in [0.2, 0.25) is 0 Å². The van der Waals surface area contributed by atoms with Gasteiger partial charge in [-0.25, -0.2) is 0 Å². The average molecular weight is 290 g/mol. The smallest absolute Gasteiger partial charge is 0.119 e. The molecule has 0 radical (unpaired) electrons. The van der Waals surface area contributed by atoms with E-state index in [0.717, 1.165) is 37.4 Å². The third kappa shape index (κ3) is 5.01. The van der Waals surface area contributed by atoms with Crippen LogP contribution in [-0.4, -0.2) is 38.2 Å². The Bertz CT molecular complexity index is 421. The Morgan fingerprint density at radius 1 is 1.29 bits per heavy atom. The van der Waals surface area contributed by atoms with Crippen molar-refractivity contribution in [3.63, 3.8) is 0 Å². The zero-order valence-corrected chi connectivity index (χ0v) is 13.8. The first-order valence-corrected chi connectivity index (χ1v) is 8.27. The van der Waals surface area contributed by atoms with Crippen LogP contribution < -0.4 is 10.1 Å². The fourth-order valence-electron chi connectivity index (χ4n) is 3.37. The first-order chi connectivity index (χ1) is 10.2. The number of nitrogens with one attached hydrogen (secondary N) is 1. The highest BCUT2D eigenvalue weighted by molar-refractivity contribution is 5.28. The van der Waals surface area contributed by atoms with Gasteiger partial charge in [-0.15, -0.1) is 0 Å². The molecule has 0 amide bonds. The molecule has 1 aliphatic carbocycles. The van der Waals surface area contributed by atoms with E-state index in [1.807, 2.05) is 13.1 Å². The van der Waals surface area contributed by atoms with Gasteiger partial charge in [0.1, 0.15) is 12.4 Å². The summed E-state index contributed by atoms with van der Waals surface area (Å²) in [6.07, 6.45) is 5.50. The third-order valence-corrected chi connectivity index (χ3v) is 4.62. The molecule has 0 heterocycles. The molecule has 1 N–H and O–H groups in total. The quantitative estimate of drug-likeness (QED) is 0.834. The van der Waals surface area contributed by atoms with E-state index in [2.05, 4.69) is 42.4 Å². The highest BCUT2D eigenvalue weighted by Gasteiger charge is 2.24. The predicted molar refractivity (Wildman–Crippen MR) is 88.8 cm³/mol. The average Bonchev–Trinajstić information content (AvgIpc) is 2.48. The molecule has 3 nitrogen and oxygen atoms in total. The van der Waals surface area contributed by atoms with Crippen LogP contribution in [0.3, 0.4) is 0 Å². The molecule has 0 aliphatic heterocycles. The fraction of sp³-hybridized carbons (Fsp3) is 0.667. The molecule has 2 rings (SSSR count). The summed E-state index contributed by atoms with van der Waals surface area (Å²) in [5.41, 5.74) is 1.27. The van der Waals surface area contributed by atoms with Crippen molar-refractivity contribution in [3.8, 4) is 5.75 Å². The Labute approximate surface area is 129 Å². The van der Waals surface area contributed by atoms with E-state index in [-0.39, 0.29) is 0 Å². The fourth-order valence-corrected chi connectivity index (χ4v) is 3.37. The van der Waals surface area contributed by atoms with Crippen molar-refractivity contribution < 1.29 is 4.74 Å². The van der Waals surface area contributed by atoms with Crippen LogP contribution in [0.5, 0.6) is 5.75 Å². The van der Waals surface area contributed by atoms with Crippen molar-refractivity contribution in [1.82, 2.24) is 10.2 Å². The molecule has 118 valence electrons. The Morgan fingerprint density at radius 3 is 2.86 bits per heavy atom. The lowest BCUT2D eigenvalue weighted by atomic mass is 9.85. The molecule has 2 unspecified atom stereocenters. The Balaban J connectivity index is 1.76. The number of nitrogens with zero attached hydrogens (tertiary/aromatic N) is 1. The lowest BCUT2D eigenvalue weighted by Crippen LogP contribution is -2.40. The maximum atomic E-state index is 5.92. The molecule has 1 fully saturated rings. The lowest BCUT2D eigenvalue weighted by molar-refractivity contribution is 0.120. The molecule has 21 heavy (non-hydrogen) atoms. The summed E-state index contributed by atoms with van der Waals surface area (Å²) in [6, 6.07) is 9.09. The number of likely N-dealkylation sites (N-methyl/N-ethyl adjacent to an activating group) is 1. The van der Waals surface area contributed by atoms with E-state index in [1.54, 1.807) is 0 Å². The molecule has 1 aromatic carbocycles. The van der Waals surface area contributed by atoms with Crippen LogP contribution in [0.1, 0.15) is 38.2 Å². The highest BCUT2D eigenvalue weighted by Crippen LogP contribution is 2.27. The van der Waals surface area contributed by atoms with Crippen LogP contribution in [0.15, 0.2) is 24.3 Å². The van der Waals surface area contributed by atoms with Crippen molar-refractivity contribution in [2.75, 3.05) is 27.2 Å². The van der Waals surface area contributed by atoms with E-state index in [0.29, 0.717) is 0 Å². The summed E-state index contributed by atoms with van der Waals surface area (Å²) in [5.74, 6) is 1.80. The van der Waals surface area contributed by atoms with Crippen LogP contribution in [-0.2, 0) is 6.54 Å². The maximum absolute atomic E-state index is 5.92. The molecule has 0 saturated heterocycles. The SMILES string of the molecule is CNCc1cccc(OCCN(C)C2CCCCC2C)c1. The molecule has 1 aliphatic rings. The minimum Gasteiger partial charge on any atom is -0.492 e. The molecule has 2 atom stereocenters. The molecule has 0 bridgehead atoms. The largest absolute Gasteiger partial charge is 0.492 e. The van der Waals surface area contributed by atoms with Crippen molar-refractivity contribution in [3.05, 3.63) is 29.8 Å². The summed E-state index contributed by atoms with van der Waals surface area (Å²) in [4.78, 5) is 2.49. The minimum atomic E-state index is 0.734. The topological polar surface area (TPSA) is 24.5 Å². The van der Waals surface area contributed by atoms with Gasteiger partial charge in [-0.1, -0.05) is 31.9 Å². The Kier molecular flexibility index (Phi) is 6.52. The van der Waals surface area contributed by atoms with Crippen molar-refractivity contribution >= 4 is 0 Å². The summed E-state index contributed by atoms with van der Waals surface area (Å²) in [6.45, 7) is 5.05. The molecule has 1 saturated carbocycles. The second-order valence-electron chi connectivity index (χ2n) is 6.34. The van der Waals surface area contributed by atoms with Gasteiger partial charge in [0.05, 0.1) is 0 Å². The first-order valence-electron chi connectivity index (χ1n) is 8.27. The summed E-state index contributed by atoms with van der Waals surface area (Å²) >= 11 is 0. The van der Waals surface area contributed by atoms with Gasteiger partial charge >= 0.3 is 0 Å². The van der Waals surface area contributed by atoms with Gasteiger partial charge in [0.25, 0.3) is 0 Å². The van der Waals surface area contributed by atoms with Gasteiger partial charge in [-0.3, -0.25) is 4.90 Å². The van der Waals surface area contributed by atoms with Crippen molar-refractivity contribution in [2.45, 2.75) is 45.2 Å². The zero-order valence-electron chi connectivity index (χ0n) is 13.8. The van der Waals surface area contributed by atoms with Gasteiger partial charge in [-0.05, 0) is 50.6 Å². The van der Waals surface area contributed by atoms with Gasteiger partial charge < -0.3 is 10.1 Å². The van der Waals surface area contributed by atoms with Gasteiger partial charge in [0, 0.05) is 19.1 Å². The van der Waals surface area contributed by atoms with E-state index in [9.17, 15) is 0 Å². The van der Waals surface area contributed by atoms with E-state index in [1.165, 1.54) is 31.2 Å². The van der Waals surface area contributed by atoms with Crippen molar-refractivity contribution in [1.29, 1.82) is 0 Å². The summed E-state index contributed by atoms with van der Waals surface area (Å²) in [7, 11) is 4.21. The Morgan fingerprint density at radius 2 is 2.10 bits per heavy atom. The second-order valence-corrected chi connectivity index (χ2v) is 6.34. The number of hydrogen-bond donors (Lipinski definition) is 1. The molecule has 1 aromatic rings. The Hall–Kier alpha value is -1.06. The molecule has 3 heteroatoms. The second kappa shape index (κ2) is 8.40. The van der Waals surface area contributed by atoms with Crippen molar-refractivity contribution in [2.24, 2.45) is 5.92 Å². The zero-order chi connectivity index (χ0) is 15.1. The minimum absolute atomic E-state index is 0.734. The normalized spacial score (nSPS) is 22.5. The monoisotopic (exact) mass is 290 g/mol. The van der Waals surface area contributed by atoms with Crippen LogP contribution in [0.25, 0.3) is 0 Å². The number of rotatable bonds is 7. The molecular weight excluding hydrogens is 260 g/mol. The predicted octanol–water partition coefficient (Wildman–Crippen LogP) is 3.30. The third-order valence-electron chi connectivity index (χ3n) is 4.62. The van der Waals surface area contributed by atoms with Gasteiger partial charge in [0.15, 0.2) is 0 Å². The lowest BCUT2D eigenvalue weighted by Gasteiger charge is -2.36. The summed E-state index contributed by atoms with van der Waals surface area (Å²) < 4.78 is 5.92. The number of hydrogen-bond acceptors (Lipinski definition) is 3. The number of ether oxygens (including phenoxy) is 1. The molecule has 0 spiro atoms. The molecular formula is C18H30N2O. The van der Waals surface area contributed by atoms with E-state index >= 15 is 0 Å².